The topological polar surface area (TPSA) is 58.6 Å². The quantitative estimate of drug-likeness (QED) is 0.589. The van der Waals surface area contributed by atoms with E-state index in [-0.39, 0.29) is 24.3 Å². The van der Waals surface area contributed by atoms with E-state index in [1.807, 2.05) is 20.8 Å². The average Bonchev–Trinajstić information content (AvgIpc) is 2.80. The zero-order valence-electron chi connectivity index (χ0n) is 21.9. The third-order valence-electron chi connectivity index (χ3n) is 8.44. The number of esters is 1. The van der Waals surface area contributed by atoms with E-state index >= 15 is 0 Å². The molecule has 1 unspecified atom stereocenters. The molecule has 0 aromatic heterocycles. The molecule has 5 nitrogen and oxygen atoms in total. The lowest BCUT2D eigenvalue weighted by Gasteiger charge is -2.52. The monoisotopic (exact) mass is 468 g/mol. The van der Waals surface area contributed by atoms with Crippen LogP contribution in [0.1, 0.15) is 96.7 Å². The Morgan fingerprint density at radius 2 is 1.76 bits per heavy atom. The maximum Gasteiger partial charge on any atom is 0.308 e. The van der Waals surface area contributed by atoms with Gasteiger partial charge in [0.15, 0.2) is 0 Å². The maximum atomic E-state index is 14.3. The number of fused-ring (bicyclic) bond motifs is 2. The summed E-state index contributed by atoms with van der Waals surface area (Å²) in [5.41, 5.74) is 1.58. The van der Waals surface area contributed by atoms with Crippen molar-refractivity contribution in [1.82, 2.24) is 10.2 Å². The minimum Gasteiger partial charge on any atom is -0.460 e. The molecule has 1 saturated heterocycles. The Morgan fingerprint density at radius 3 is 2.38 bits per heavy atom. The van der Waals surface area contributed by atoms with Crippen LogP contribution < -0.4 is 5.32 Å². The van der Waals surface area contributed by atoms with Crippen LogP contribution in [-0.4, -0.2) is 42.0 Å². The van der Waals surface area contributed by atoms with E-state index in [4.69, 9.17) is 4.74 Å². The van der Waals surface area contributed by atoms with Crippen molar-refractivity contribution in [3.8, 4) is 0 Å². The zero-order valence-corrected chi connectivity index (χ0v) is 21.9. The summed E-state index contributed by atoms with van der Waals surface area (Å²) in [5.74, 6) is 1.94. The molecule has 1 aliphatic carbocycles. The first-order chi connectivity index (χ1) is 16.1. The highest BCUT2D eigenvalue weighted by Gasteiger charge is 2.52. The molecule has 2 heterocycles. The molecule has 3 aliphatic rings. The van der Waals surface area contributed by atoms with Gasteiger partial charge < -0.3 is 15.0 Å². The standard InChI is InChI=1S/C29H44N2O3/c1-20(2)21-10-12-22(13-11-21)26-23-8-6-7-9-24(23)29(15-17-30-18-16-29)27(33)31(26)19-14-25(32)34-28(3,4)5/h6-9,20-22,26,30H,10-19H2,1-5H3/t21-,22+,26?. The first-order valence-corrected chi connectivity index (χ1v) is 13.5. The number of carbonyl (C=O) groups excluding carboxylic acids is 2. The van der Waals surface area contributed by atoms with Crippen molar-refractivity contribution in [2.45, 2.75) is 96.6 Å². The first kappa shape index (κ1) is 25.2. The predicted molar refractivity (Wildman–Crippen MR) is 135 cm³/mol. The molecule has 1 aromatic rings. The normalized spacial score (nSPS) is 27.1. The average molecular weight is 469 g/mol. The fourth-order valence-electron chi connectivity index (χ4n) is 6.69. The van der Waals surface area contributed by atoms with Crippen molar-refractivity contribution < 1.29 is 14.3 Å². The highest BCUT2D eigenvalue weighted by molar-refractivity contribution is 5.91. The molecule has 1 amide bonds. The van der Waals surface area contributed by atoms with Crippen LogP contribution in [0.3, 0.4) is 0 Å². The smallest absolute Gasteiger partial charge is 0.308 e. The minimum absolute atomic E-state index is 0.0553. The molecule has 0 radical (unpaired) electrons. The lowest BCUT2D eigenvalue weighted by molar-refractivity contribution is -0.156. The van der Waals surface area contributed by atoms with Gasteiger partial charge in [0.25, 0.3) is 0 Å². The molecule has 4 rings (SSSR count). The summed E-state index contributed by atoms with van der Waals surface area (Å²) in [6.07, 6.45) is 6.63. The van der Waals surface area contributed by atoms with Gasteiger partial charge in [-0.15, -0.1) is 0 Å². The first-order valence-electron chi connectivity index (χ1n) is 13.5. The Morgan fingerprint density at radius 1 is 1.12 bits per heavy atom. The minimum atomic E-state index is -0.513. The van der Waals surface area contributed by atoms with Crippen molar-refractivity contribution in [2.24, 2.45) is 17.8 Å². The van der Waals surface area contributed by atoms with Gasteiger partial charge in [0.2, 0.25) is 5.91 Å². The van der Waals surface area contributed by atoms with Gasteiger partial charge in [-0.25, -0.2) is 0 Å². The van der Waals surface area contributed by atoms with Crippen LogP contribution in [0, 0.1) is 17.8 Å². The number of nitrogens with zero attached hydrogens (tertiary/aromatic N) is 1. The van der Waals surface area contributed by atoms with E-state index in [2.05, 4.69) is 48.3 Å². The summed E-state index contributed by atoms with van der Waals surface area (Å²) < 4.78 is 5.60. The molecule has 1 aromatic carbocycles. The summed E-state index contributed by atoms with van der Waals surface area (Å²) in [6, 6.07) is 8.74. The van der Waals surface area contributed by atoms with Crippen LogP contribution in [-0.2, 0) is 19.7 Å². The largest absolute Gasteiger partial charge is 0.460 e. The fourth-order valence-corrected chi connectivity index (χ4v) is 6.69. The van der Waals surface area contributed by atoms with Gasteiger partial charge in [0.1, 0.15) is 5.60 Å². The Balaban J connectivity index is 1.67. The van der Waals surface area contributed by atoms with E-state index in [0.717, 1.165) is 44.7 Å². The second kappa shape index (κ2) is 10.0. The van der Waals surface area contributed by atoms with Crippen LogP contribution >= 0.6 is 0 Å². The number of rotatable bonds is 5. The molecule has 0 bridgehead atoms. The highest BCUT2D eigenvalue weighted by Crippen LogP contribution is 2.51. The molecule has 2 fully saturated rings. The number of amides is 1. The van der Waals surface area contributed by atoms with Crippen LogP contribution in [0.4, 0.5) is 0 Å². The number of ether oxygens (including phenoxy) is 1. The van der Waals surface area contributed by atoms with E-state index in [1.165, 1.54) is 24.0 Å². The summed E-state index contributed by atoms with van der Waals surface area (Å²) in [7, 11) is 0. The molecular weight excluding hydrogens is 424 g/mol. The van der Waals surface area contributed by atoms with E-state index in [1.54, 1.807) is 0 Å². The molecule has 1 N–H and O–H groups in total. The third-order valence-corrected chi connectivity index (χ3v) is 8.44. The van der Waals surface area contributed by atoms with Gasteiger partial charge in [0.05, 0.1) is 17.9 Å². The number of hydrogen-bond acceptors (Lipinski definition) is 4. The predicted octanol–water partition coefficient (Wildman–Crippen LogP) is 5.39. The molecule has 5 heteroatoms. The van der Waals surface area contributed by atoms with Crippen LogP contribution in [0.5, 0.6) is 0 Å². The summed E-state index contributed by atoms with van der Waals surface area (Å²) in [5, 5.41) is 3.44. The molecule has 1 saturated carbocycles. The van der Waals surface area contributed by atoms with Crippen molar-refractivity contribution in [3.63, 3.8) is 0 Å². The molecule has 188 valence electrons. The molecular formula is C29H44N2O3. The van der Waals surface area contributed by atoms with Crippen LogP contribution in [0.25, 0.3) is 0 Å². The van der Waals surface area contributed by atoms with Gasteiger partial charge in [-0.1, -0.05) is 38.1 Å². The Labute approximate surface area is 206 Å². The van der Waals surface area contributed by atoms with Gasteiger partial charge >= 0.3 is 5.97 Å². The van der Waals surface area contributed by atoms with Crippen molar-refractivity contribution in [2.75, 3.05) is 19.6 Å². The van der Waals surface area contributed by atoms with Crippen molar-refractivity contribution in [1.29, 1.82) is 0 Å². The number of benzene rings is 1. The fraction of sp³-hybridized carbons (Fsp3) is 0.724. The van der Waals surface area contributed by atoms with Crippen molar-refractivity contribution >= 4 is 11.9 Å². The van der Waals surface area contributed by atoms with E-state index < -0.39 is 11.0 Å². The van der Waals surface area contributed by atoms with Crippen LogP contribution in [0.15, 0.2) is 24.3 Å². The van der Waals surface area contributed by atoms with Crippen molar-refractivity contribution in [3.05, 3.63) is 35.4 Å². The highest BCUT2D eigenvalue weighted by atomic mass is 16.6. The molecule has 34 heavy (non-hydrogen) atoms. The second-order valence-corrected chi connectivity index (χ2v) is 12.1. The number of nitrogens with one attached hydrogen (secondary N) is 1. The number of hydrogen-bond donors (Lipinski definition) is 1. The summed E-state index contributed by atoms with van der Waals surface area (Å²) in [6.45, 7) is 12.5. The molecule has 1 atom stereocenters. The van der Waals surface area contributed by atoms with E-state index in [9.17, 15) is 9.59 Å². The number of piperidine rings is 1. The van der Waals surface area contributed by atoms with Gasteiger partial charge in [-0.3, -0.25) is 9.59 Å². The van der Waals surface area contributed by atoms with Gasteiger partial charge in [-0.05, 0) is 101 Å². The maximum absolute atomic E-state index is 14.3. The SMILES string of the molecule is CC(C)[C@H]1CC[C@@H](C2c3ccccc3C3(CCNCC3)C(=O)N2CCC(=O)OC(C)(C)C)CC1. The Hall–Kier alpha value is -1.88. The molecule has 1 spiro atoms. The van der Waals surface area contributed by atoms with Crippen LogP contribution in [0.2, 0.25) is 0 Å². The lowest BCUT2D eigenvalue weighted by Crippen LogP contribution is -2.58. The summed E-state index contributed by atoms with van der Waals surface area (Å²) >= 11 is 0. The zero-order chi connectivity index (χ0) is 24.5. The van der Waals surface area contributed by atoms with Gasteiger partial charge in [-0.2, -0.15) is 0 Å². The molecule has 2 aliphatic heterocycles. The number of carbonyl (C=O) groups is 2. The lowest BCUT2D eigenvalue weighted by atomic mass is 9.63. The second-order valence-electron chi connectivity index (χ2n) is 12.1. The Bertz CT molecular complexity index is 874. The van der Waals surface area contributed by atoms with Gasteiger partial charge in [0, 0.05) is 6.54 Å². The summed E-state index contributed by atoms with van der Waals surface area (Å²) in [4.78, 5) is 29.1. The Kier molecular flexibility index (Phi) is 7.42. The third kappa shape index (κ3) is 5.05. The van der Waals surface area contributed by atoms with E-state index in [0.29, 0.717) is 18.4 Å².